The molecule has 24 heavy (non-hydrogen) atoms. The second kappa shape index (κ2) is 13.6. The van der Waals surface area contributed by atoms with Gasteiger partial charge in [0.1, 0.15) is 6.10 Å². The molecule has 0 spiro atoms. The van der Waals surface area contributed by atoms with Crippen molar-refractivity contribution < 1.29 is 14.3 Å². The SMILES string of the molecule is CC.CC.CC1C[C@](C)(S)C2C=C(CC/C=C/C1=O)C(=O)O2.CS. The predicted molar refractivity (Wildman–Crippen MR) is 110 cm³/mol. The number of carbonyl (C=O) groups excluding carboxylic acids is 2. The maximum absolute atomic E-state index is 11.9. The molecule has 1 aliphatic heterocycles. The summed E-state index contributed by atoms with van der Waals surface area (Å²) in [6.07, 6.45) is 8.58. The number of ketones is 1. The van der Waals surface area contributed by atoms with Gasteiger partial charge in [0.15, 0.2) is 5.78 Å². The number of hydrogen-bond donors (Lipinski definition) is 2. The summed E-state index contributed by atoms with van der Waals surface area (Å²) in [4.78, 5) is 23.5. The molecule has 140 valence electrons. The molecule has 0 saturated carbocycles. The summed E-state index contributed by atoms with van der Waals surface area (Å²) in [6, 6.07) is 0. The van der Waals surface area contributed by atoms with E-state index >= 15 is 0 Å². The Labute approximate surface area is 159 Å². The van der Waals surface area contributed by atoms with Crippen molar-refractivity contribution in [2.24, 2.45) is 5.92 Å². The van der Waals surface area contributed by atoms with E-state index in [0.29, 0.717) is 24.8 Å². The van der Waals surface area contributed by atoms with Crippen LogP contribution in [-0.2, 0) is 14.3 Å². The molecule has 5 heteroatoms. The lowest BCUT2D eigenvalue weighted by Gasteiger charge is -2.30. The summed E-state index contributed by atoms with van der Waals surface area (Å²) in [6.45, 7) is 11.8. The number of thiol groups is 2. The Kier molecular flexibility index (Phi) is 14.5. The van der Waals surface area contributed by atoms with E-state index < -0.39 is 4.75 Å². The lowest BCUT2D eigenvalue weighted by molar-refractivity contribution is -0.140. The van der Waals surface area contributed by atoms with Crippen LogP contribution < -0.4 is 0 Å². The monoisotopic (exact) mass is 374 g/mol. The average molecular weight is 375 g/mol. The average Bonchev–Trinajstić information content (AvgIpc) is 2.97. The van der Waals surface area contributed by atoms with Gasteiger partial charge in [-0.25, -0.2) is 4.79 Å². The molecule has 0 radical (unpaired) electrons. The smallest absolute Gasteiger partial charge is 0.334 e. The maximum atomic E-state index is 11.9. The second-order valence-corrected chi connectivity index (χ2v) is 6.35. The lowest BCUT2D eigenvalue weighted by Crippen LogP contribution is -2.36. The minimum absolute atomic E-state index is 0.113. The fourth-order valence-corrected chi connectivity index (χ4v) is 2.81. The van der Waals surface area contributed by atoms with Crippen LogP contribution in [0.1, 0.15) is 60.8 Å². The van der Waals surface area contributed by atoms with Gasteiger partial charge in [-0.15, -0.1) is 0 Å². The summed E-state index contributed by atoms with van der Waals surface area (Å²) in [5, 5.41) is 0. The highest BCUT2D eigenvalue weighted by molar-refractivity contribution is 7.81. The Morgan fingerprint density at radius 3 is 2.25 bits per heavy atom. The van der Waals surface area contributed by atoms with E-state index in [4.69, 9.17) is 4.74 Å². The van der Waals surface area contributed by atoms with Gasteiger partial charge in [-0.1, -0.05) is 40.7 Å². The Morgan fingerprint density at radius 2 is 1.71 bits per heavy atom. The molecule has 0 aromatic heterocycles. The summed E-state index contributed by atoms with van der Waals surface area (Å²) >= 11 is 8.12. The van der Waals surface area contributed by atoms with Crippen molar-refractivity contribution >= 4 is 37.0 Å². The maximum Gasteiger partial charge on any atom is 0.334 e. The van der Waals surface area contributed by atoms with Crippen LogP contribution in [0.3, 0.4) is 0 Å². The highest BCUT2D eigenvalue weighted by Crippen LogP contribution is 2.35. The molecule has 0 N–H and O–H groups in total. The number of ether oxygens (including phenoxy) is 1. The van der Waals surface area contributed by atoms with Gasteiger partial charge in [0.25, 0.3) is 0 Å². The third-order valence-corrected chi connectivity index (χ3v) is 3.97. The molecule has 2 rings (SSSR count). The molecule has 0 amide bonds. The minimum Gasteiger partial charge on any atom is -0.453 e. The molecule has 0 saturated heterocycles. The summed E-state index contributed by atoms with van der Waals surface area (Å²) in [5.41, 5.74) is 0.701. The fraction of sp³-hybridized carbons (Fsp3) is 0.684. The molecule has 2 bridgehead atoms. The van der Waals surface area contributed by atoms with Gasteiger partial charge in [-0.3, -0.25) is 4.79 Å². The zero-order valence-electron chi connectivity index (χ0n) is 16.1. The highest BCUT2D eigenvalue weighted by atomic mass is 32.1. The first-order chi connectivity index (χ1) is 11.4. The molecule has 3 atom stereocenters. The van der Waals surface area contributed by atoms with Crippen molar-refractivity contribution in [1.82, 2.24) is 0 Å². The van der Waals surface area contributed by atoms with Crippen LogP contribution in [-0.4, -0.2) is 28.9 Å². The third-order valence-electron chi connectivity index (χ3n) is 3.53. The number of esters is 1. The van der Waals surface area contributed by atoms with Crippen molar-refractivity contribution in [1.29, 1.82) is 0 Å². The quantitative estimate of drug-likeness (QED) is 0.459. The van der Waals surface area contributed by atoms with Gasteiger partial charge >= 0.3 is 5.97 Å². The normalized spacial score (nSPS) is 29.8. The van der Waals surface area contributed by atoms with Gasteiger partial charge in [0.05, 0.1) is 4.75 Å². The van der Waals surface area contributed by atoms with Crippen LogP contribution >= 0.6 is 25.3 Å². The number of rotatable bonds is 0. The first-order valence-electron chi connectivity index (χ1n) is 8.69. The molecule has 2 aliphatic rings. The molecule has 3 nitrogen and oxygen atoms in total. The summed E-state index contributed by atoms with van der Waals surface area (Å²) in [7, 11) is 0. The van der Waals surface area contributed by atoms with E-state index in [1.54, 1.807) is 12.3 Å². The van der Waals surface area contributed by atoms with Crippen LogP contribution in [0.5, 0.6) is 0 Å². The predicted octanol–water partition coefficient (Wildman–Crippen LogP) is 5.07. The van der Waals surface area contributed by atoms with Crippen molar-refractivity contribution in [3.63, 3.8) is 0 Å². The zero-order chi connectivity index (χ0) is 19.3. The van der Waals surface area contributed by atoms with E-state index in [9.17, 15) is 9.59 Å². The van der Waals surface area contributed by atoms with Gasteiger partial charge in [0, 0.05) is 11.5 Å². The number of fused-ring (bicyclic) bond motifs is 1. The second-order valence-electron chi connectivity index (χ2n) is 5.32. The number of hydrogen-bond acceptors (Lipinski definition) is 5. The molecule has 1 aliphatic carbocycles. The Morgan fingerprint density at radius 1 is 1.17 bits per heavy atom. The Balaban J connectivity index is 0. The Bertz CT molecular complexity index is 440. The molecule has 2 unspecified atom stereocenters. The number of allylic oxidation sites excluding steroid dienone is 2. The van der Waals surface area contributed by atoms with Gasteiger partial charge in [-0.05, 0) is 44.6 Å². The van der Waals surface area contributed by atoms with E-state index in [1.165, 1.54) is 0 Å². The molecule has 1 heterocycles. The third kappa shape index (κ3) is 7.93. The molecular weight excluding hydrogens is 340 g/mol. The minimum atomic E-state index is -0.509. The van der Waals surface area contributed by atoms with Gasteiger partial charge in [-0.2, -0.15) is 25.3 Å². The summed E-state index contributed by atoms with van der Waals surface area (Å²) < 4.78 is 4.84. The van der Waals surface area contributed by atoms with Crippen molar-refractivity contribution in [3.05, 3.63) is 23.8 Å². The van der Waals surface area contributed by atoms with E-state index in [1.807, 2.05) is 53.7 Å². The molecular formula is C19H34O3S2. The van der Waals surface area contributed by atoms with Crippen LogP contribution in [0.15, 0.2) is 23.8 Å². The fourth-order valence-electron chi connectivity index (χ4n) is 2.41. The molecule has 0 fully saturated rings. The van der Waals surface area contributed by atoms with Crippen LogP contribution in [0, 0.1) is 5.92 Å². The summed E-state index contributed by atoms with van der Waals surface area (Å²) in [5.74, 6) is -0.240. The highest BCUT2D eigenvalue weighted by Gasteiger charge is 2.39. The van der Waals surface area contributed by atoms with Crippen LogP contribution in [0.25, 0.3) is 0 Å². The first kappa shape index (κ1) is 25.6. The molecule has 0 aromatic rings. The standard InChI is InChI=1S/C14H18O3S.2C2H6.CH4S/c1-9-8-14(2,18)12-7-10(13(16)17-12)5-3-4-6-11(9)15;3*1-2/h4,6-7,9,12,18H,3,5,8H2,1-2H3;2*1-2H3;2H,1H3/b6-4+;;;/t9?,12?,14-;;;/m0.../s1. The van der Waals surface area contributed by atoms with E-state index in [-0.39, 0.29) is 23.8 Å². The largest absolute Gasteiger partial charge is 0.453 e. The lowest BCUT2D eigenvalue weighted by atomic mass is 9.89. The topological polar surface area (TPSA) is 43.4 Å². The number of carbonyl (C=O) groups is 2. The van der Waals surface area contributed by atoms with Crippen LogP contribution in [0.2, 0.25) is 0 Å². The van der Waals surface area contributed by atoms with E-state index in [0.717, 1.165) is 0 Å². The Hall–Kier alpha value is -0.680. The van der Waals surface area contributed by atoms with Crippen molar-refractivity contribution in [3.8, 4) is 0 Å². The first-order valence-corrected chi connectivity index (χ1v) is 10.0. The van der Waals surface area contributed by atoms with Crippen molar-refractivity contribution in [2.45, 2.75) is 71.7 Å². The molecule has 0 aromatic carbocycles. The van der Waals surface area contributed by atoms with Crippen molar-refractivity contribution in [2.75, 3.05) is 6.26 Å². The van der Waals surface area contributed by atoms with E-state index in [2.05, 4.69) is 25.3 Å². The zero-order valence-corrected chi connectivity index (χ0v) is 17.9. The van der Waals surface area contributed by atoms with Gasteiger partial charge < -0.3 is 4.74 Å². The van der Waals surface area contributed by atoms with Gasteiger partial charge in [0.2, 0.25) is 0 Å². The van der Waals surface area contributed by atoms with Crippen LogP contribution in [0.4, 0.5) is 0 Å².